The Morgan fingerprint density at radius 3 is 2.46 bits per heavy atom. The van der Waals surface area contributed by atoms with E-state index in [1.807, 2.05) is 18.2 Å². The molecule has 0 unspecified atom stereocenters. The van der Waals surface area contributed by atoms with Crippen molar-refractivity contribution in [1.29, 1.82) is 0 Å². The molecule has 1 aliphatic rings. The lowest BCUT2D eigenvalue weighted by molar-refractivity contribution is 0.0703. The summed E-state index contributed by atoms with van der Waals surface area (Å²) in [7, 11) is -3.18. The number of thiophene rings is 2. The van der Waals surface area contributed by atoms with Crippen LogP contribution in [0.25, 0.3) is 19.5 Å². The van der Waals surface area contributed by atoms with Crippen molar-refractivity contribution in [3.63, 3.8) is 0 Å². The molecule has 1 aromatic carbocycles. The topological polar surface area (TPSA) is 57.7 Å². The zero-order valence-electron chi connectivity index (χ0n) is 13.1. The summed E-state index contributed by atoms with van der Waals surface area (Å²) in [4.78, 5) is 15.2. The third-order valence-corrected chi connectivity index (χ3v) is 7.96. The van der Waals surface area contributed by atoms with Gasteiger partial charge in [-0.25, -0.2) is 8.42 Å². The first-order valence-corrected chi connectivity index (χ1v) is 11.1. The monoisotopic (exact) mass is 380 g/mol. The van der Waals surface area contributed by atoms with Crippen LogP contribution in [0.4, 0.5) is 0 Å². The fourth-order valence-electron chi connectivity index (χ4n) is 2.98. The first-order chi connectivity index (χ1) is 11.4. The van der Waals surface area contributed by atoms with Gasteiger partial charge in [0, 0.05) is 41.0 Å². The fourth-order valence-corrected chi connectivity index (χ4v) is 6.30. The maximum Gasteiger partial charge on any atom is 0.264 e. The number of hydrogen-bond acceptors (Lipinski definition) is 5. The highest BCUT2D eigenvalue weighted by Gasteiger charge is 2.27. The minimum atomic E-state index is -3.18. The highest BCUT2D eigenvalue weighted by molar-refractivity contribution is 7.88. The Morgan fingerprint density at radius 1 is 1.04 bits per heavy atom. The van der Waals surface area contributed by atoms with E-state index in [0.29, 0.717) is 26.2 Å². The molecule has 0 bridgehead atoms. The molecule has 0 spiro atoms. The summed E-state index contributed by atoms with van der Waals surface area (Å²) in [5.74, 6) is 0.000585. The van der Waals surface area contributed by atoms with Gasteiger partial charge < -0.3 is 4.90 Å². The molecule has 3 aromatic rings. The largest absolute Gasteiger partial charge is 0.335 e. The van der Waals surface area contributed by atoms with E-state index in [1.165, 1.54) is 32.0 Å². The number of amides is 1. The van der Waals surface area contributed by atoms with Crippen molar-refractivity contribution in [1.82, 2.24) is 9.21 Å². The van der Waals surface area contributed by atoms with Gasteiger partial charge in [-0.3, -0.25) is 4.79 Å². The van der Waals surface area contributed by atoms with E-state index in [2.05, 4.69) is 12.1 Å². The SMILES string of the molecule is CS(=O)(=O)N1CCN(C(=O)c2cc3sc4ccccc4c3s2)CC1. The third kappa shape index (κ3) is 2.73. The van der Waals surface area contributed by atoms with Crippen LogP contribution < -0.4 is 0 Å². The number of nitrogens with zero attached hydrogens (tertiary/aromatic N) is 2. The number of benzene rings is 1. The van der Waals surface area contributed by atoms with Gasteiger partial charge in [-0.1, -0.05) is 18.2 Å². The van der Waals surface area contributed by atoms with Crippen LogP contribution >= 0.6 is 22.7 Å². The second-order valence-electron chi connectivity index (χ2n) is 5.86. The molecule has 1 saturated heterocycles. The zero-order valence-corrected chi connectivity index (χ0v) is 15.5. The lowest BCUT2D eigenvalue weighted by Gasteiger charge is -2.32. The number of rotatable bonds is 2. The molecular formula is C16H16N2O3S3. The maximum atomic E-state index is 12.7. The maximum absolute atomic E-state index is 12.7. The van der Waals surface area contributed by atoms with Gasteiger partial charge >= 0.3 is 0 Å². The third-order valence-electron chi connectivity index (χ3n) is 4.26. The molecule has 126 valence electrons. The van der Waals surface area contributed by atoms with E-state index < -0.39 is 10.0 Å². The summed E-state index contributed by atoms with van der Waals surface area (Å²) >= 11 is 3.23. The Kier molecular flexibility index (Phi) is 3.87. The molecule has 4 rings (SSSR count). The Labute approximate surface area is 148 Å². The average molecular weight is 381 g/mol. The van der Waals surface area contributed by atoms with E-state index in [9.17, 15) is 13.2 Å². The van der Waals surface area contributed by atoms with Crippen molar-refractivity contribution < 1.29 is 13.2 Å². The van der Waals surface area contributed by atoms with Gasteiger partial charge in [0.25, 0.3) is 5.91 Å². The molecule has 8 heteroatoms. The van der Waals surface area contributed by atoms with Crippen LogP contribution in [0, 0.1) is 0 Å². The van der Waals surface area contributed by atoms with Gasteiger partial charge in [0.05, 0.1) is 15.8 Å². The van der Waals surface area contributed by atoms with Gasteiger partial charge in [0.1, 0.15) is 0 Å². The highest BCUT2D eigenvalue weighted by atomic mass is 32.2. The van der Waals surface area contributed by atoms with Crippen molar-refractivity contribution in [2.75, 3.05) is 32.4 Å². The van der Waals surface area contributed by atoms with E-state index in [4.69, 9.17) is 0 Å². The molecule has 0 saturated carbocycles. The van der Waals surface area contributed by atoms with Crippen LogP contribution in [0.2, 0.25) is 0 Å². The number of sulfonamides is 1. The quantitative estimate of drug-likeness (QED) is 0.687. The van der Waals surface area contributed by atoms with E-state index in [-0.39, 0.29) is 5.91 Å². The van der Waals surface area contributed by atoms with Crippen molar-refractivity contribution in [2.45, 2.75) is 0 Å². The molecule has 1 fully saturated rings. The Morgan fingerprint density at radius 2 is 1.75 bits per heavy atom. The van der Waals surface area contributed by atoms with Gasteiger partial charge in [-0.15, -0.1) is 22.7 Å². The van der Waals surface area contributed by atoms with Gasteiger partial charge in [-0.2, -0.15) is 4.31 Å². The van der Waals surface area contributed by atoms with Crippen molar-refractivity contribution >= 4 is 58.1 Å². The lowest BCUT2D eigenvalue weighted by atomic mass is 10.2. The zero-order chi connectivity index (χ0) is 16.9. The molecule has 24 heavy (non-hydrogen) atoms. The van der Waals surface area contributed by atoms with Gasteiger partial charge in [-0.05, 0) is 12.1 Å². The molecule has 0 radical (unpaired) electrons. The molecule has 1 amide bonds. The highest BCUT2D eigenvalue weighted by Crippen LogP contribution is 2.39. The predicted octanol–water partition coefficient (Wildman–Crippen LogP) is 2.83. The Bertz CT molecular complexity index is 1030. The summed E-state index contributed by atoms with van der Waals surface area (Å²) in [5, 5.41) is 1.20. The average Bonchev–Trinajstić information content (AvgIpc) is 3.11. The molecule has 0 aliphatic carbocycles. The van der Waals surface area contributed by atoms with Crippen LogP contribution in [-0.4, -0.2) is 56.0 Å². The second kappa shape index (κ2) is 5.80. The number of piperazine rings is 1. The van der Waals surface area contributed by atoms with Crippen LogP contribution in [0.15, 0.2) is 30.3 Å². The van der Waals surface area contributed by atoms with Gasteiger partial charge in [0.15, 0.2) is 0 Å². The number of fused-ring (bicyclic) bond motifs is 3. The summed E-state index contributed by atoms with van der Waals surface area (Å²) in [6.07, 6.45) is 1.21. The number of carbonyl (C=O) groups is 1. The summed E-state index contributed by atoms with van der Waals surface area (Å²) < 4.78 is 28.1. The van der Waals surface area contributed by atoms with Crippen LogP contribution in [0.5, 0.6) is 0 Å². The predicted molar refractivity (Wildman–Crippen MR) is 99.5 cm³/mol. The number of hydrogen-bond donors (Lipinski definition) is 0. The number of carbonyl (C=O) groups excluding carboxylic acids is 1. The van der Waals surface area contributed by atoms with Crippen molar-refractivity contribution in [3.8, 4) is 0 Å². The standard InChI is InChI=1S/C16H16N2O3S3/c1-24(20,21)18-8-6-17(7-9-18)16(19)14-10-13-15(23-14)11-4-2-3-5-12(11)22-13/h2-5,10H,6-9H2,1H3. The van der Waals surface area contributed by atoms with Crippen molar-refractivity contribution in [2.24, 2.45) is 0 Å². The normalized spacial score (nSPS) is 17.0. The minimum absolute atomic E-state index is 0.000585. The minimum Gasteiger partial charge on any atom is -0.335 e. The van der Waals surface area contributed by atoms with Crippen LogP contribution in [0.3, 0.4) is 0 Å². The van der Waals surface area contributed by atoms with Crippen molar-refractivity contribution in [3.05, 3.63) is 35.2 Å². The summed E-state index contributed by atoms with van der Waals surface area (Å²) in [6.45, 7) is 1.62. The van der Waals surface area contributed by atoms with Crippen LogP contribution in [0.1, 0.15) is 9.67 Å². The molecule has 1 aliphatic heterocycles. The first kappa shape index (κ1) is 16.0. The molecule has 2 aromatic heterocycles. The molecule has 5 nitrogen and oxygen atoms in total. The Balaban J connectivity index is 1.58. The smallest absolute Gasteiger partial charge is 0.264 e. The summed E-state index contributed by atoms with van der Waals surface area (Å²) in [5.41, 5.74) is 0. The second-order valence-corrected chi connectivity index (χ2v) is 9.97. The molecular weight excluding hydrogens is 364 g/mol. The summed E-state index contributed by atoms with van der Waals surface area (Å²) in [6, 6.07) is 10.2. The fraction of sp³-hybridized carbons (Fsp3) is 0.312. The van der Waals surface area contributed by atoms with Gasteiger partial charge in [0.2, 0.25) is 10.0 Å². The van der Waals surface area contributed by atoms with E-state index >= 15 is 0 Å². The van der Waals surface area contributed by atoms with E-state index in [1.54, 1.807) is 16.2 Å². The molecule has 0 atom stereocenters. The Hall–Kier alpha value is -1.48. The lowest BCUT2D eigenvalue weighted by Crippen LogP contribution is -2.50. The van der Waals surface area contributed by atoms with E-state index in [0.717, 1.165) is 14.3 Å². The van der Waals surface area contributed by atoms with Crippen LogP contribution in [-0.2, 0) is 10.0 Å². The first-order valence-electron chi connectivity index (χ1n) is 7.59. The molecule has 3 heterocycles. The molecule has 0 N–H and O–H groups in total.